The molecule has 176 valence electrons. The Bertz CT molecular complexity index is 1300. The third-order valence-corrected chi connectivity index (χ3v) is 6.54. The number of thiophene rings is 1. The van der Waals surface area contributed by atoms with Crippen LogP contribution in [-0.4, -0.2) is 23.4 Å². The monoisotopic (exact) mass is 483 g/mol. The minimum Gasteiger partial charge on any atom is -0.507 e. The molecule has 5 nitrogen and oxygen atoms in total. The Morgan fingerprint density at radius 3 is 2.53 bits per heavy atom. The van der Waals surface area contributed by atoms with E-state index in [1.807, 2.05) is 26.8 Å². The van der Waals surface area contributed by atoms with Crippen LogP contribution in [0.1, 0.15) is 35.9 Å². The molecule has 34 heavy (non-hydrogen) atoms. The first-order valence-electron chi connectivity index (χ1n) is 10.7. The molecule has 1 fully saturated rings. The van der Waals surface area contributed by atoms with Crippen LogP contribution in [0.25, 0.3) is 5.76 Å². The molecule has 0 bridgehead atoms. The predicted molar refractivity (Wildman–Crippen MR) is 127 cm³/mol. The molecular formula is C26H23F2NO4S. The van der Waals surface area contributed by atoms with E-state index in [2.05, 4.69) is 0 Å². The highest BCUT2D eigenvalue weighted by Gasteiger charge is 2.48. The maximum Gasteiger partial charge on any atom is 0.300 e. The highest BCUT2D eigenvalue weighted by atomic mass is 32.1. The summed E-state index contributed by atoms with van der Waals surface area (Å²) in [6.07, 6.45) is 0. The zero-order valence-electron chi connectivity index (χ0n) is 18.8. The molecule has 0 spiro atoms. The van der Waals surface area contributed by atoms with E-state index >= 15 is 0 Å². The molecule has 1 aromatic heterocycles. The van der Waals surface area contributed by atoms with E-state index in [-0.39, 0.29) is 17.0 Å². The Balaban J connectivity index is 1.87. The van der Waals surface area contributed by atoms with Gasteiger partial charge in [-0.05, 0) is 54.1 Å². The summed E-state index contributed by atoms with van der Waals surface area (Å²) < 4.78 is 33.3. The van der Waals surface area contributed by atoms with Gasteiger partial charge in [0, 0.05) is 22.2 Å². The van der Waals surface area contributed by atoms with Crippen molar-refractivity contribution in [2.45, 2.75) is 26.8 Å². The zero-order chi connectivity index (χ0) is 24.6. The lowest BCUT2D eigenvalue weighted by Gasteiger charge is -2.25. The average molecular weight is 484 g/mol. The predicted octanol–water partition coefficient (Wildman–Crippen LogP) is 6.00. The normalized spacial score (nSPS) is 17.6. The zero-order valence-corrected chi connectivity index (χ0v) is 19.7. The van der Waals surface area contributed by atoms with Gasteiger partial charge in [0.2, 0.25) is 0 Å². The van der Waals surface area contributed by atoms with E-state index < -0.39 is 29.4 Å². The Hall–Kier alpha value is -3.52. The van der Waals surface area contributed by atoms with Crippen molar-refractivity contribution in [3.63, 3.8) is 0 Å². The number of carbonyl (C=O) groups excluding carboxylic acids is 2. The van der Waals surface area contributed by atoms with E-state index in [4.69, 9.17) is 4.74 Å². The van der Waals surface area contributed by atoms with Gasteiger partial charge in [-0.15, -0.1) is 11.3 Å². The lowest BCUT2D eigenvalue weighted by molar-refractivity contribution is -0.132. The Labute approximate surface area is 199 Å². The fraction of sp³-hybridized carbons (Fsp3) is 0.231. The van der Waals surface area contributed by atoms with Crippen molar-refractivity contribution in [3.05, 3.63) is 87.1 Å². The standard InChI is InChI=1S/C26H23F2NO4S/c1-14(2)13-33-18-6-4-5-16(11-18)23(30)21-22(25-15(3)9-10-34-25)29(26(32)24(21)31)17-7-8-19(27)20(28)12-17/h4-12,14,22,30H,13H2,1-3H3/b23-21-. The smallest absolute Gasteiger partial charge is 0.300 e. The van der Waals surface area contributed by atoms with E-state index in [0.29, 0.717) is 28.7 Å². The first kappa shape index (κ1) is 23.6. The van der Waals surface area contributed by atoms with Gasteiger partial charge in [0.25, 0.3) is 11.7 Å². The van der Waals surface area contributed by atoms with Gasteiger partial charge in [-0.3, -0.25) is 14.5 Å². The number of amides is 1. The number of anilines is 1. The number of ether oxygens (including phenoxy) is 1. The molecule has 1 saturated heterocycles. The Morgan fingerprint density at radius 1 is 1.12 bits per heavy atom. The largest absolute Gasteiger partial charge is 0.507 e. The van der Waals surface area contributed by atoms with Crippen LogP contribution < -0.4 is 9.64 Å². The topological polar surface area (TPSA) is 66.8 Å². The van der Waals surface area contributed by atoms with Crippen LogP contribution in [-0.2, 0) is 9.59 Å². The number of carbonyl (C=O) groups is 2. The molecule has 1 aliphatic heterocycles. The van der Waals surface area contributed by atoms with E-state index in [0.717, 1.165) is 22.6 Å². The molecule has 1 amide bonds. The summed E-state index contributed by atoms with van der Waals surface area (Å²) in [5, 5.41) is 13.0. The third-order valence-electron chi connectivity index (χ3n) is 5.47. The van der Waals surface area contributed by atoms with Crippen molar-refractivity contribution in [2.75, 3.05) is 11.5 Å². The number of ketones is 1. The van der Waals surface area contributed by atoms with Gasteiger partial charge < -0.3 is 9.84 Å². The third kappa shape index (κ3) is 4.33. The highest BCUT2D eigenvalue weighted by molar-refractivity contribution is 7.10. The molecule has 1 unspecified atom stereocenters. The molecule has 1 aliphatic rings. The van der Waals surface area contributed by atoms with Crippen molar-refractivity contribution in [1.29, 1.82) is 0 Å². The maximum absolute atomic E-state index is 14.0. The van der Waals surface area contributed by atoms with Crippen molar-refractivity contribution in [1.82, 2.24) is 0 Å². The van der Waals surface area contributed by atoms with Crippen LogP contribution in [0.3, 0.4) is 0 Å². The van der Waals surface area contributed by atoms with Gasteiger partial charge in [-0.2, -0.15) is 0 Å². The summed E-state index contributed by atoms with van der Waals surface area (Å²) in [6.45, 7) is 6.30. The SMILES string of the molecule is Cc1ccsc1C1/C(=C(/O)c2cccc(OCC(C)C)c2)C(=O)C(=O)N1c1ccc(F)c(F)c1. The lowest BCUT2D eigenvalue weighted by Crippen LogP contribution is -2.29. The molecule has 1 atom stereocenters. The van der Waals surface area contributed by atoms with Crippen LogP contribution in [0.4, 0.5) is 14.5 Å². The van der Waals surface area contributed by atoms with Gasteiger partial charge in [-0.25, -0.2) is 8.78 Å². The second kappa shape index (κ2) is 9.38. The van der Waals surface area contributed by atoms with E-state index in [1.165, 1.54) is 17.4 Å². The molecule has 3 aromatic rings. The molecule has 2 aromatic carbocycles. The number of halogens is 2. The number of aliphatic hydroxyl groups is 1. The minimum atomic E-state index is -1.14. The molecule has 2 heterocycles. The summed E-state index contributed by atoms with van der Waals surface area (Å²) in [4.78, 5) is 28.0. The van der Waals surface area contributed by atoms with Crippen molar-refractivity contribution in [2.24, 2.45) is 5.92 Å². The number of aliphatic hydroxyl groups excluding tert-OH is 1. The van der Waals surface area contributed by atoms with Gasteiger partial charge in [0.05, 0.1) is 12.2 Å². The lowest BCUT2D eigenvalue weighted by atomic mass is 9.98. The summed E-state index contributed by atoms with van der Waals surface area (Å²) in [5.74, 6) is -3.61. The van der Waals surface area contributed by atoms with Crippen LogP contribution in [0.2, 0.25) is 0 Å². The maximum atomic E-state index is 14.0. The Kier molecular flexibility index (Phi) is 6.52. The summed E-state index contributed by atoms with van der Waals surface area (Å²) in [5.41, 5.74) is 1.00. The number of rotatable bonds is 6. The molecule has 0 saturated carbocycles. The van der Waals surface area contributed by atoms with Crippen molar-refractivity contribution >= 4 is 34.5 Å². The second-order valence-corrected chi connectivity index (χ2v) is 9.42. The fourth-order valence-electron chi connectivity index (χ4n) is 3.80. The molecule has 8 heteroatoms. The molecular weight excluding hydrogens is 460 g/mol. The van der Waals surface area contributed by atoms with Crippen LogP contribution in [0, 0.1) is 24.5 Å². The van der Waals surface area contributed by atoms with Crippen LogP contribution in [0.5, 0.6) is 5.75 Å². The van der Waals surface area contributed by atoms with E-state index in [9.17, 15) is 23.5 Å². The number of Topliss-reactive ketones (excluding diaryl/α,β-unsaturated/α-hetero) is 1. The molecule has 4 rings (SSSR count). The summed E-state index contributed by atoms with van der Waals surface area (Å²) >= 11 is 1.30. The van der Waals surface area contributed by atoms with Crippen molar-refractivity contribution in [3.8, 4) is 5.75 Å². The number of hydrogen-bond acceptors (Lipinski definition) is 5. The Morgan fingerprint density at radius 2 is 1.88 bits per heavy atom. The average Bonchev–Trinajstić information content (AvgIpc) is 3.34. The van der Waals surface area contributed by atoms with Gasteiger partial charge in [0.15, 0.2) is 11.6 Å². The van der Waals surface area contributed by atoms with E-state index in [1.54, 1.807) is 29.6 Å². The molecule has 0 radical (unpaired) electrons. The van der Waals surface area contributed by atoms with Crippen LogP contribution in [0.15, 0.2) is 59.5 Å². The number of benzene rings is 2. The quantitative estimate of drug-likeness (QED) is 0.265. The van der Waals surface area contributed by atoms with Crippen molar-refractivity contribution < 1.29 is 28.2 Å². The second-order valence-electron chi connectivity index (χ2n) is 8.47. The first-order chi connectivity index (χ1) is 16.2. The molecule has 0 aliphatic carbocycles. The van der Waals surface area contributed by atoms with Gasteiger partial charge in [-0.1, -0.05) is 26.0 Å². The van der Waals surface area contributed by atoms with Gasteiger partial charge >= 0.3 is 0 Å². The minimum absolute atomic E-state index is 0.0202. The number of nitrogens with zero attached hydrogens (tertiary/aromatic N) is 1. The molecule has 1 N–H and O–H groups in total. The first-order valence-corrected chi connectivity index (χ1v) is 11.6. The highest BCUT2D eigenvalue weighted by Crippen LogP contribution is 2.45. The number of hydrogen-bond donors (Lipinski definition) is 1. The number of aryl methyl sites for hydroxylation is 1. The van der Waals surface area contributed by atoms with Gasteiger partial charge in [0.1, 0.15) is 17.6 Å². The van der Waals surface area contributed by atoms with Crippen LogP contribution >= 0.6 is 11.3 Å². The fourth-order valence-corrected chi connectivity index (χ4v) is 4.82. The summed E-state index contributed by atoms with van der Waals surface area (Å²) in [7, 11) is 0. The summed E-state index contributed by atoms with van der Waals surface area (Å²) in [6, 6.07) is 10.5.